The van der Waals surface area contributed by atoms with Gasteiger partial charge < -0.3 is 10.4 Å². The second-order valence-electron chi connectivity index (χ2n) is 7.21. The second kappa shape index (κ2) is 7.28. The maximum Gasteiger partial charge on any atom is 0.303 e. The molecular weight excluding hydrogens is 266 g/mol. The summed E-state index contributed by atoms with van der Waals surface area (Å²) in [6.07, 6.45) is 10.7. The standard InChI is InChI=1S/C17H29NO3/c1-13(14-7-3-2-4-8-14)18-15(19)11-17(12-16(20)21)9-5-6-10-17/h13-14H,2-12H2,1H3,(H,18,19)(H,20,21)/t13-/m1/s1. The summed E-state index contributed by atoms with van der Waals surface area (Å²) in [6, 6.07) is 0.223. The molecule has 0 unspecified atom stereocenters. The Morgan fingerprint density at radius 1 is 1.10 bits per heavy atom. The van der Waals surface area contributed by atoms with E-state index in [4.69, 9.17) is 5.11 Å². The summed E-state index contributed by atoms with van der Waals surface area (Å²) >= 11 is 0. The Morgan fingerprint density at radius 2 is 1.71 bits per heavy atom. The second-order valence-corrected chi connectivity index (χ2v) is 7.21. The minimum absolute atomic E-state index is 0.0521. The zero-order valence-electron chi connectivity index (χ0n) is 13.2. The van der Waals surface area contributed by atoms with Gasteiger partial charge in [-0.25, -0.2) is 0 Å². The minimum atomic E-state index is -0.773. The van der Waals surface area contributed by atoms with Crippen LogP contribution in [0.25, 0.3) is 0 Å². The maximum absolute atomic E-state index is 12.3. The Hall–Kier alpha value is -1.06. The van der Waals surface area contributed by atoms with Crippen molar-refractivity contribution in [2.75, 3.05) is 0 Å². The summed E-state index contributed by atoms with van der Waals surface area (Å²) in [6.45, 7) is 2.10. The van der Waals surface area contributed by atoms with Gasteiger partial charge >= 0.3 is 5.97 Å². The normalized spacial score (nSPS) is 23.7. The lowest BCUT2D eigenvalue weighted by molar-refractivity contribution is -0.140. The van der Waals surface area contributed by atoms with Gasteiger partial charge in [0.25, 0.3) is 0 Å². The van der Waals surface area contributed by atoms with Crippen LogP contribution < -0.4 is 5.32 Å². The van der Waals surface area contributed by atoms with Gasteiger partial charge in [0.05, 0.1) is 6.42 Å². The molecule has 0 heterocycles. The van der Waals surface area contributed by atoms with Crippen LogP contribution >= 0.6 is 0 Å². The maximum atomic E-state index is 12.3. The third-order valence-electron chi connectivity index (χ3n) is 5.47. The highest BCUT2D eigenvalue weighted by atomic mass is 16.4. The van der Waals surface area contributed by atoms with E-state index < -0.39 is 5.97 Å². The SMILES string of the molecule is C[C@@H](NC(=O)CC1(CC(=O)O)CCCC1)C1CCCCC1. The van der Waals surface area contributed by atoms with E-state index in [1.54, 1.807) is 0 Å². The van der Waals surface area contributed by atoms with Crippen LogP contribution in [0.15, 0.2) is 0 Å². The lowest BCUT2D eigenvalue weighted by Crippen LogP contribution is -2.41. The molecule has 4 heteroatoms. The molecule has 4 nitrogen and oxygen atoms in total. The van der Waals surface area contributed by atoms with Crippen LogP contribution in [0.3, 0.4) is 0 Å². The fraction of sp³-hybridized carbons (Fsp3) is 0.882. The van der Waals surface area contributed by atoms with Crippen molar-refractivity contribution < 1.29 is 14.7 Å². The zero-order chi connectivity index (χ0) is 15.3. The first kappa shape index (κ1) is 16.3. The molecule has 120 valence electrons. The fourth-order valence-corrected chi connectivity index (χ4v) is 4.26. The van der Waals surface area contributed by atoms with Crippen molar-refractivity contribution in [2.45, 2.75) is 83.6 Å². The highest BCUT2D eigenvalue weighted by Gasteiger charge is 2.38. The van der Waals surface area contributed by atoms with Crippen LogP contribution in [-0.2, 0) is 9.59 Å². The fourth-order valence-electron chi connectivity index (χ4n) is 4.26. The summed E-state index contributed by atoms with van der Waals surface area (Å²) < 4.78 is 0. The van der Waals surface area contributed by atoms with Crippen LogP contribution in [0.2, 0.25) is 0 Å². The number of carbonyl (C=O) groups is 2. The molecule has 0 saturated heterocycles. The average Bonchev–Trinajstić information content (AvgIpc) is 2.86. The third kappa shape index (κ3) is 4.72. The van der Waals surface area contributed by atoms with Crippen molar-refractivity contribution in [3.8, 4) is 0 Å². The van der Waals surface area contributed by atoms with Gasteiger partial charge in [-0.15, -0.1) is 0 Å². The number of rotatable bonds is 6. The number of hydrogen-bond donors (Lipinski definition) is 2. The first-order valence-electron chi connectivity index (χ1n) is 8.52. The minimum Gasteiger partial charge on any atom is -0.481 e. The number of amides is 1. The lowest BCUT2D eigenvalue weighted by atomic mass is 9.79. The molecule has 1 amide bonds. The zero-order valence-corrected chi connectivity index (χ0v) is 13.2. The largest absolute Gasteiger partial charge is 0.481 e. The molecule has 0 aromatic heterocycles. The van der Waals surface area contributed by atoms with Crippen molar-refractivity contribution in [1.82, 2.24) is 5.32 Å². The van der Waals surface area contributed by atoms with E-state index in [2.05, 4.69) is 12.2 Å². The van der Waals surface area contributed by atoms with E-state index in [9.17, 15) is 9.59 Å². The van der Waals surface area contributed by atoms with E-state index in [-0.39, 0.29) is 23.8 Å². The highest BCUT2D eigenvalue weighted by Crippen LogP contribution is 2.44. The van der Waals surface area contributed by atoms with Gasteiger partial charge in [-0.3, -0.25) is 9.59 Å². The molecule has 2 aliphatic carbocycles. The topological polar surface area (TPSA) is 66.4 Å². The molecule has 2 saturated carbocycles. The Balaban J connectivity index is 1.85. The monoisotopic (exact) mass is 295 g/mol. The van der Waals surface area contributed by atoms with Gasteiger partial charge in [0.1, 0.15) is 0 Å². The summed E-state index contributed by atoms with van der Waals surface area (Å²) in [7, 11) is 0. The Bertz CT molecular complexity index is 368. The van der Waals surface area contributed by atoms with Crippen molar-refractivity contribution in [3.05, 3.63) is 0 Å². The predicted octanol–water partition coefficient (Wildman–Crippen LogP) is 3.50. The van der Waals surface area contributed by atoms with Gasteiger partial charge in [0.2, 0.25) is 5.91 Å². The number of nitrogens with one attached hydrogen (secondary N) is 1. The molecule has 0 aromatic carbocycles. The molecular formula is C17H29NO3. The molecule has 2 rings (SSSR count). The van der Waals surface area contributed by atoms with Crippen LogP contribution in [-0.4, -0.2) is 23.0 Å². The van der Waals surface area contributed by atoms with E-state index in [1.807, 2.05) is 0 Å². The smallest absolute Gasteiger partial charge is 0.303 e. The van der Waals surface area contributed by atoms with Gasteiger partial charge in [-0.05, 0) is 43.9 Å². The summed E-state index contributed by atoms with van der Waals surface area (Å²) in [5, 5.41) is 12.2. The van der Waals surface area contributed by atoms with Gasteiger partial charge in [0.15, 0.2) is 0 Å². The highest BCUT2D eigenvalue weighted by molar-refractivity contribution is 5.78. The summed E-state index contributed by atoms with van der Waals surface area (Å²) in [4.78, 5) is 23.4. The molecule has 0 aliphatic heterocycles. The van der Waals surface area contributed by atoms with E-state index in [1.165, 1.54) is 32.1 Å². The average molecular weight is 295 g/mol. The molecule has 2 N–H and O–H groups in total. The molecule has 0 bridgehead atoms. The van der Waals surface area contributed by atoms with Crippen molar-refractivity contribution in [2.24, 2.45) is 11.3 Å². The summed E-state index contributed by atoms with van der Waals surface area (Å²) in [5.41, 5.74) is -0.289. The molecule has 2 aliphatic rings. The van der Waals surface area contributed by atoms with Crippen molar-refractivity contribution in [3.63, 3.8) is 0 Å². The summed E-state index contributed by atoms with van der Waals surface area (Å²) in [5.74, 6) is -0.122. The van der Waals surface area contributed by atoms with Crippen LogP contribution in [0.4, 0.5) is 0 Å². The molecule has 0 aromatic rings. The van der Waals surface area contributed by atoms with Gasteiger partial charge in [-0.1, -0.05) is 32.1 Å². The molecule has 1 atom stereocenters. The Morgan fingerprint density at radius 3 is 2.29 bits per heavy atom. The molecule has 0 radical (unpaired) electrons. The number of carboxylic acid groups (broad SMARTS) is 1. The number of carboxylic acids is 1. The van der Waals surface area contributed by atoms with Crippen molar-refractivity contribution in [1.29, 1.82) is 0 Å². The number of carbonyl (C=O) groups excluding carboxylic acids is 1. The van der Waals surface area contributed by atoms with Crippen molar-refractivity contribution >= 4 is 11.9 Å². The third-order valence-corrected chi connectivity index (χ3v) is 5.47. The molecule has 2 fully saturated rings. The number of hydrogen-bond acceptors (Lipinski definition) is 2. The van der Waals surface area contributed by atoms with Gasteiger partial charge in [0, 0.05) is 12.5 Å². The van der Waals surface area contributed by atoms with E-state index >= 15 is 0 Å². The van der Waals surface area contributed by atoms with Crippen LogP contribution in [0, 0.1) is 11.3 Å². The van der Waals surface area contributed by atoms with Crippen LogP contribution in [0.5, 0.6) is 0 Å². The molecule has 0 spiro atoms. The quantitative estimate of drug-likeness (QED) is 0.788. The Kier molecular flexibility index (Phi) is 5.65. The lowest BCUT2D eigenvalue weighted by Gasteiger charge is -2.31. The number of aliphatic carboxylic acids is 1. The van der Waals surface area contributed by atoms with E-state index in [0.717, 1.165) is 25.7 Å². The predicted molar refractivity (Wildman–Crippen MR) is 82.0 cm³/mol. The Labute approximate surface area is 127 Å². The first-order chi connectivity index (χ1) is 10.0. The molecule has 21 heavy (non-hydrogen) atoms. The van der Waals surface area contributed by atoms with E-state index in [0.29, 0.717) is 12.3 Å². The van der Waals surface area contributed by atoms with Crippen LogP contribution in [0.1, 0.15) is 77.6 Å². The van der Waals surface area contributed by atoms with Gasteiger partial charge in [-0.2, -0.15) is 0 Å². The first-order valence-corrected chi connectivity index (χ1v) is 8.52.